The number of aryl methyl sites for hydroxylation is 1. The van der Waals surface area contributed by atoms with Crippen molar-refractivity contribution in [3.63, 3.8) is 0 Å². The number of fused-ring (bicyclic) bond motifs is 1. The SMILES string of the molecule is CCCCCc1ccc(C#CC2C=Cc3ccccc3C2O)cc1. The molecule has 0 aliphatic heterocycles. The Hall–Kier alpha value is -2.30. The topological polar surface area (TPSA) is 20.2 Å². The summed E-state index contributed by atoms with van der Waals surface area (Å²) in [6.45, 7) is 2.23. The van der Waals surface area contributed by atoms with Crippen LogP contribution in [-0.4, -0.2) is 5.11 Å². The van der Waals surface area contributed by atoms with Gasteiger partial charge >= 0.3 is 0 Å². The standard InChI is InChI=1S/C23H24O/c1-2-3-4-7-18-10-12-19(13-11-18)14-15-21-17-16-20-8-5-6-9-22(20)23(21)24/h5-6,8-13,16-17,21,23-24H,2-4,7H2,1H3. The molecule has 2 aromatic carbocycles. The highest BCUT2D eigenvalue weighted by molar-refractivity contribution is 5.59. The summed E-state index contributed by atoms with van der Waals surface area (Å²) in [4.78, 5) is 0. The zero-order valence-electron chi connectivity index (χ0n) is 14.2. The van der Waals surface area contributed by atoms with Crippen molar-refractivity contribution in [2.75, 3.05) is 0 Å². The second-order valence-electron chi connectivity index (χ2n) is 6.38. The van der Waals surface area contributed by atoms with Gasteiger partial charge in [-0.25, -0.2) is 0 Å². The van der Waals surface area contributed by atoms with Gasteiger partial charge in [0.25, 0.3) is 0 Å². The highest BCUT2D eigenvalue weighted by Crippen LogP contribution is 2.31. The Kier molecular flexibility index (Phi) is 5.51. The lowest BCUT2D eigenvalue weighted by Crippen LogP contribution is -2.13. The van der Waals surface area contributed by atoms with Crippen molar-refractivity contribution in [2.45, 2.75) is 38.7 Å². The smallest absolute Gasteiger partial charge is 0.0968 e. The second kappa shape index (κ2) is 7.99. The largest absolute Gasteiger partial charge is 0.387 e. The lowest BCUT2D eigenvalue weighted by molar-refractivity contribution is 0.153. The normalized spacial score (nSPS) is 18.6. The predicted octanol–water partition coefficient (Wildman–Crippen LogP) is 5.15. The number of benzene rings is 2. The van der Waals surface area contributed by atoms with Crippen LogP contribution in [0, 0.1) is 17.8 Å². The van der Waals surface area contributed by atoms with Gasteiger partial charge in [0.05, 0.1) is 12.0 Å². The minimum Gasteiger partial charge on any atom is -0.387 e. The molecular weight excluding hydrogens is 292 g/mol. The van der Waals surface area contributed by atoms with Crippen molar-refractivity contribution in [3.8, 4) is 11.8 Å². The van der Waals surface area contributed by atoms with Crippen LogP contribution in [0.15, 0.2) is 54.6 Å². The van der Waals surface area contributed by atoms with E-state index >= 15 is 0 Å². The highest BCUT2D eigenvalue weighted by atomic mass is 16.3. The second-order valence-corrected chi connectivity index (χ2v) is 6.38. The van der Waals surface area contributed by atoms with Gasteiger partial charge in [0.1, 0.15) is 0 Å². The van der Waals surface area contributed by atoms with Crippen molar-refractivity contribution in [1.29, 1.82) is 0 Å². The summed E-state index contributed by atoms with van der Waals surface area (Å²) in [5.74, 6) is 6.27. The first kappa shape index (κ1) is 16.6. The van der Waals surface area contributed by atoms with Crippen LogP contribution in [0.1, 0.15) is 54.5 Å². The van der Waals surface area contributed by atoms with Crippen molar-refractivity contribution in [1.82, 2.24) is 0 Å². The number of rotatable bonds is 4. The maximum Gasteiger partial charge on any atom is 0.0968 e. The lowest BCUT2D eigenvalue weighted by Gasteiger charge is -2.21. The molecule has 0 spiro atoms. The van der Waals surface area contributed by atoms with Gasteiger partial charge in [-0.05, 0) is 41.7 Å². The van der Waals surface area contributed by atoms with Crippen LogP contribution < -0.4 is 0 Å². The number of unbranched alkanes of at least 4 members (excludes halogenated alkanes) is 2. The zero-order valence-corrected chi connectivity index (χ0v) is 14.2. The van der Waals surface area contributed by atoms with Gasteiger partial charge in [-0.1, -0.05) is 80.2 Å². The van der Waals surface area contributed by atoms with Crippen LogP contribution in [0.5, 0.6) is 0 Å². The fourth-order valence-electron chi connectivity index (χ4n) is 3.07. The molecule has 1 aliphatic rings. The van der Waals surface area contributed by atoms with Gasteiger partial charge in [-0.15, -0.1) is 0 Å². The van der Waals surface area contributed by atoms with Crippen molar-refractivity contribution < 1.29 is 5.11 Å². The van der Waals surface area contributed by atoms with E-state index in [0.717, 1.165) is 23.1 Å². The van der Waals surface area contributed by atoms with E-state index in [2.05, 4.69) is 49.1 Å². The molecule has 0 saturated carbocycles. The van der Waals surface area contributed by atoms with Crippen molar-refractivity contribution in [2.24, 2.45) is 5.92 Å². The Balaban J connectivity index is 1.67. The lowest BCUT2D eigenvalue weighted by atomic mass is 9.87. The Morgan fingerprint density at radius 1 is 1.00 bits per heavy atom. The van der Waals surface area contributed by atoms with Crippen LogP contribution in [0.25, 0.3) is 6.08 Å². The van der Waals surface area contributed by atoms with E-state index in [4.69, 9.17) is 0 Å². The van der Waals surface area contributed by atoms with Crippen LogP contribution in [0.2, 0.25) is 0 Å². The quantitative estimate of drug-likeness (QED) is 0.611. The van der Waals surface area contributed by atoms with E-state index in [1.165, 1.54) is 24.8 Å². The third-order valence-corrected chi connectivity index (χ3v) is 4.54. The molecule has 0 fully saturated rings. The molecule has 122 valence electrons. The maximum absolute atomic E-state index is 10.5. The molecule has 0 amide bonds. The van der Waals surface area contributed by atoms with Gasteiger partial charge < -0.3 is 5.11 Å². The monoisotopic (exact) mass is 316 g/mol. The molecule has 1 N–H and O–H groups in total. The first-order chi connectivity index (χ1) is 11.8. The molecule has 0 aromatic heterocycles. The van der Waals surface area contributed by atoms with Gasteiger partial charge in [0.15, 0.2) is 0 Å². The molecule has 2 aromatic rings. The fraction of sp³-hybridized carbons (Fsp3) is 0.304. The molecule has 2 unspecified atom stereocenters. The van der Waals surface area contributed by atoms with Gasteiger partial charge in [-0.3, -0.25) is 0 Å². The van der Waals surface area contributed by atoms with Crippen LogP contribution in [0.4, 0.5) is 0 Å². The van der Waals surface area contributed by atoms with E-state index in [9.17, 15) is 5.11 Å². The Bertz CT molecular complexity index is 759. The van der Waals surface area contributed by atoms with E-state index in [1.807, 2.05) is 30.3 Å². The first-order valence-corrected chi connectivity index (χ1v) is 8.83. The van der Waals surface area contributed by atoms with E-state index in [-0.39, 0.29) is 5.92 Å². The number of aliphatic hydroxyl groups is 1. The molecule has 0 saturated heterocycles. The highest BCUT2D eigenvalue weighted by Gasteiger charge is 2.22. The van der Waals surface area contributed by atoms with Crippen LogP contribution in [-0.2, 0) is 6.42 Å². The Morgan fingerprint density at radius 3 is 2.58 bits per heavy atom. The van der Waals surface area contributed by atoms with Crippen molar-refractivity contribution in [3.05, 3.63) is 76.9 Å². The van der Waals surface area contributed by atoms with E-state index in [1.54, 1.807) is 0 Å². The van der Waals surface area contributed by atoms with Crippen LogP contribution in [0.3, 0.4) is 0 Å². The predicted molar refractivity (Wildman–Crippen MR) is 100 cm³/mol. The molecule has 24 heavy (non-hydrogen) atoms. The minimum atomic E-state index is -0.549. The summed E-state index contributed by atoms with van der Waals surface area (Å²) in [7, 11) is 0. The van der Waals surface area contributed by atoms with Gasteiger partial charge in [0.2, 0.25) is 0 Å². The minimum absolute atomic E-state index is 0.149. The molecule has 0 radical (unpaired) electrons. The molecule has 1 aliphatic carbocycles. The van der Waals surface area contributed by atoms with Crippen LogP contribution >= 0.6 is 0 Å². The molecule has 1 heteroatoms. The molecular formula is C23H24O. The maximum atomic E-state index is 10.5. The first-order valence-electron chi connectivity index (χ1n) is 8.83. The summed E-state index contributed by atoms with van der Waals surface area (Å²) in [5.41, 5.74) is 4.43. The number of hydrogen-bond donors (Lipinski definition) is 1. The third-order valence-electron chi connectivity index (χ3n) is 4.54. The summed E-state index contributed by atoms with van der Waals surface area (Å²) in [6.07, 6.45) is 8.44. The summed E-state index contributed by atoms with van der Waals surface area (Å²) < 4.78 is 0. The van der Waals surface area contributed by atoms with E-state index in [0.29, 0.717) is 0 Å². The average molecular weight is 316 g/mol. The average Bonchev–Trinajstić information content (AvgIpc) is 2.63. The molecule has 3 rings (SSSR count). The fourth-order valence-corrected chi connectivity index (χ4v) is 3.07. The number of hydrogen-bond acceptors (Lipinski definition) is 1. The van der Waals surface area contributed by atoms with Gasteiger partial charge in [-0.2, -0.15) is 0 Å². The van der Waals surface area contributed by atoms with Gasteiger partial charge in [0, 0.05) is 5.56 Å². The number of aliphatic hydroxyl groups excluding tert-OH is 1. The molecule has 0 heterocycles. The summed E-state index contributed by atoms with van der Waals surface area (Å²) in [5, 5.41) is 10.5. The summed E-state index contributed by atoms with van der Waals surface area (Å²) in [6, 6.07) is 16.5. The third kappa shape index (κ3) is 3.96. The summed E-state index contributed by atoms with van der Waals surface area (Å²) >= 11 is 0. The Labute approximate surface area is 145 Å². The zero-order chi connectivity index (χ0) is 16.8. The molecule has 1 nitrogen and oxygen atoms in total. The Morgan fingerprint density at radius 2 is 1.79 bits per heavy atom. The van der Waals surface area contributed by atoms with E-state index < -0.39 is 6.10 Å². The van der Waals surface area contributed by atoms with Crippen molar-refractivity contribution >= 4 is 6.08 Å². The molecule has 2 atom stereocenters. The molecule has 0 bridgehead atoms.